The highest BCUT2D eigenvalue weighted by molar-refractivity contribution is 5.77. The van der Waals surface area contributed by atoms with Gasteiger partial charge in [0.25, 0.3) is 0 Å². The van der Waals surface area contributed by atoms with Crippen LogP contribution in [0.3, 0.4) is 0 Å². The van der Waals surface area contributed by atoms with Gasteiger partial charge in [-0.1, -0.05) is 29.8 Å². The van der Waals surface area contributed by atoms with Crippen molar-refractivity contribution in [2.45, 2.75) is 25.9 Å². The van der Waals surface area contributed by atoms with Crippen molar-refractivity contribution in [3.05, 3.63) is 35.4 Å². The van der Waals surface area contributed by atoms with Gasteiger partial charge in [0.2, 0.25) is 0 Å². The van der Waals surface area contributed by atoms with Crippen LogP contribution in [0.15, 0.2) is 24.3 Å². The summed E-state index contributed by atoms with van der Waals surface area (Å²) in [5.41, 5.74) is 2.47. The summed E-state index contributed by atoms with van der Waals surface area (Å²) in [7, 11) is 0. The Morgan fingerprint density at radius 2 is 2.26 bits per heavy atom. The third-order valence-corrected chi connectivity index (χ3v) is 4.06. The van der Waals surface area contributed by atoms with Crippen LogP contribution < -0.4 is 5.32 Å². The summed E-state index contributed by atoms with van der Waals surface area (Å²) in [5.74, 6) is 0. The molecule has 2 saturated heterocycles. The molecule has 0 aromatic heterocycles. The number of carbonyl (C=O) groups excluding carboxylic acids is 1. The minimum atomic E-state index is 0.204. The summed E-state index contributed by atoms with van der Waals surface area (Å²) in [6.45, 7) is 6.53. The van der Waals surface area contributed by atoms with E-state index < -0.39 is 0 Å². The molecule has 1 atom stereocenters. The second-order valence-electron chi connectivity index (χ2n) is 5.53. The van der Waals surface area contributed by atoms with E-state index in [1.165, 1.54) is 11.1 Å². The Bertz CT molecular complexity index is 468. The van der Waals surface area contributed by atoms with E-state index in [-0.39, 0.29) is 6.03 Å². The third kappa shape index (κ3) is 2.59. The summed E-state index contributed by atoms with van der Waals surface area (Å²) in [6.07, 6.45) is 1.09. The first-order valence-electron chi connectivity index (χ1n) is 7.06. The molecule has 1 aromatic carbocycles. The maximum Gasteiger partial charge on any atom is 0.320 e. The van der Waals surface area contributed by atoms with E-state index in [0.29, 0.717) is 6.04 Å². The molecule has 0 unspecified atom stereocenters. The average Bonchev–Trinajstić information content (AvgIpc) is 3.01. The molecule has 4 nitrogen and oxygen atoms in total. The van der Waals surface area contributed by atoms with Crippen molar-refractivity contribution in [1.82, 2.24) is 15.1 Å². The molecule has 0 saturated carbocycles. The van der Waals surface area contributed by atoms with Crippen molar-refractivity contribution >= 4 is 6.03 Å². The van der Waals surface area contributed by atoms with Gasteiger partial charge < -0.3 is 15.1 Å². The molecule has 102 valence electrons. The molecule has 4 heteroatoms. The Morgan fingerprint density at radius 3 is 3.00 bits per heavy atom. The fourth-order valence-corrected chi connectivity index (χ4v) is 3.02. The third-order valence-electron chi connectivity index (χ3n) is 4.06. The van der Waals surface area contributed by atoms with Crippen molar-refractivity contribution in [2.24, 2.45) is 0 Å². The fourth-order valence-electron chi connectivity index (χ4n) is 3.02. The lowest BCUT2D eigenvalue weighted by molar-refractivity contribution is 0.178. The molecule has 2 aliphatic rings. The zero-order valence-electron chi connectivity index (χ0n) is 11.4. The van der Waals surface area contributed by atoms with E-state index >= 15 is 0 Å². The highest BCUT2D eigenvalue weighted by Gasteiger charge is 2.34. The first-order valence-corrected chi connectivity index (χ1v) is 7.06. The zero-order chi connectivity index (χ0) is 13.2. The second-order valence-corrected chi connectivity index (χ2v) is 5.53. The SMILES string of the molecule is Cc1cccc(CN2CCN([C@@H]3CCNC3)C2=O)c1. The summed E-state index contributed by atoms with van der Waals surface area (Å²) in [6, 6.07) is 9.01. The number of aryl methyl sites for hydroxylation is 1. The van der Waals surface area contributed by atoms with Gasteiger partial charge in [0, 0.05) is 32.2 Å². The molecule has 0 bridgehead atoms. The molecule has 0 aliphatic carbocycles. The smallest absolute Gasteiger partial charge is 0.319 e. The van der Waals surface area contributed by atoms with Gasteiger partial charge in [-0.3, -0.25) is 0 Å². The van der Waals surface area contributed by atoms with Crippen molar-refractivity contribution in [3.8, 4) is 0 Å². The number of rotatable bonds is 3. The van der Waals surface area contributed by atoms with Gasteiger partial charge in [-0.25, -0.2) is 4.79 Å². The summed E-state index contributed by atoms with van der Waals surface area (Å²) in [5, 5.41) is 3.33. The maximum absolute atomic E-state index is 12.4. The highest BCUT2D eigenvalue weighted by Crippen LogP contribution is 2.19. The van der Waals surface area contributed by atoms with Crippen LogP contribution in [-0.2, 0) is 6.54 Å². The van der Waals surface area contributed by atoms with Gasteiger partial charge in [-0.05, 0) is 25.5 Å². The van der Waals surface area contributed by atoms with Crippen LogP contribution in [0.2, 0.25) is 0 Å². The molecule has 3 rings (SSSR count). The highest BCUT2D eigenvalue weighted by atomic mass is 16.2. The first kappa shape index (κ1) is 12.5. The standard InChI is InChI=1S/C15H21N3O/c1-12-3-2-4-13(9-12)11-17-7-8-18(15(17)19)14-5-6-16-10-14/h2-4,9,14,16H,5-8,10-11H2,1H3/t14-/m1/s1. The van der Waals surface area contributed by atoms with Crippen molar-refractivity contribution < 1.29 is 4.79 Å². The lowest BCUT2D eigenvalue weighted by Crippen LogP contribution is -2.40. The Balaban J connectivity index is 1.65. The van der Waals surface area contributed by atoms with E-state index in [0.717, 1.165) is 39.1 Å². The molecule has 1 aromatic rings. The van der Waals surface area contributed by atoms with Gasteiger partial charge in [0.05, 0.1) is 0 Å². The van der Waals surface area contributed by atoms with Crippen molar-refractivity contribution in [3.63, 3.8) is 0 Å². The number of nitrogens with one attached hydrogen (secondary N) is 1. The predicted octanol–water partition coefficient (Wildman–Crippen LogP) is 1.59. The van der Waals surface area contributed by atoms with E-state index in [1.54, 1.807) is 0 Å². The fraction of sp³-hybridized carbons (Fsp3) is 0.533. The van der Waals surface area contributed by atoms with Crippen molar-refractivity contribution in [2.75, 3.05) is 26.2 Å². The summed E-state index contributed by atoms with van der Waals surface area (Å²) in [4.78, 5) is 16.4. The summed E-state index contributed by atoms with van der Waals surface area (Å²) >= 11 is 0. The van der Waals surface area contributed by atoms with Gasteiger partial charge >= 0.3 is 6.03 Å². The minimum absolute atomic E-state index is 0.204. The quantitative estimate of drug-likeness (QED) is 0.895. The molecule has 2 heterocycles. The van der Waals surface area contributed by atoms with Crippen LogP contribution in [0.5, 0.6) is 0 Å². The predicted molar refractivity (Wildman–Crippen MR) is 75.0 cm³/mol. The molecule has 2 fully saturated rings. The number of hydrogen-bond donors (Lipinski definition) is 1. The number of amides is 2. The molecule has 0 spiro atoms. The van der Waals surface area contributed by atoms with Gasteiger partial charge in [-0.2, -0.15) is 0 Å². The van der Waals surface area contributed by atoms with Crippen LogP contribution in [0.4, 0.5) is 4.79 Å². The minimum Gasteiger partial charge on any atom is -0.319 e. The number of benzene rings is 1. The van der Waals surface area contributed by atoms with Gasteiger partial charge in [0.1, 0.15) is 0 Å². The Labute approximate surface area is 114 Å². The maximum atomic E-state index is 12.4. The number of carbonyl (C=O) groups is 1. The largest absolute Gasteiger partial charge is 0.320 e. The van der Waals surface area contributed by atoms with E-state index in [1.807, 2.05) is 9.80 Å². The molecular weight excluding hydrogens is 238 g/mol. The van der Waals surface area contributed by atoms with E-state index in [2.05, 4.69) is 36.5 Å². The molecule has 2 amide bonds. The van der Waals surface area contributed by atoms with Crippen LogP contribution >= 0.6 is 0 Å². The topological polar surface area (TPSA) is 35.6 Å². The molecule has 19 heavy (non-hydrogen) atoms. The average molecular weight is 259 g/mol. The van der Waals surface area contributed by atoms with E-state index in [9.17, 15) is 4.79 Å². The Kier molecular flexibility index (Phi) is 3.42. The number of hydrogen-bond acceptors (Lipinski definition) is 2. The molecule has 1 N–H and O–H groups in total. The lowest BCUT2D eigenvalue weighted by atomic mass is 10.1. The Hall–Kier alpha value is -1.55. The van der Waals surface area contributed by atoms with E-state index in [4.69, 9.17) is 0 Å². The Morgan fingerprint density at radius 1 is 1.37 bits per heavy atom. The molecule has 2 aliphatic heterocycles. The molecule has 0 radical (unpaired) electrons. The van der Waals surface area contributed by atoms with Crippen LogP contribution in [-0.4, -0.2) is 48.1 Å². The lowest BCUT2D eigenvalue weighted by Gasteiger charge is -2.23. The monoisotopic (exact) mass is 259 g/mol. The normalized spacial score (nSPS) is 23.4. The first-order chi connectivity index (χ1) is 9.24. The van der Waals surface area contributed by atoms with Gasteiger partial charge in [0.15, 0.2) is 0 Å². The summed E-state index contributed by atoms with van der Waals surface area (Å²) < 4.78 is 0. The zero-order valence-corrected chi connectivity index (χ0v) is 11.4. The van der Waals surface area contributed by atoms with Gasteiger partial charge in [-0.15, -0.1) is 0 Å². The van der Waals surface area contributed by atoms with Crippen LogP contribution in [0.1, 0.15) is 17.5 Å². The number of urea groups is 1. The van der Waals surface area contributed by atoms with Crippen LogP contribution in [0.25, 0.3) is 0 Å². The second kappa shape index (κ2) is 5.21. The number of nitrogens with zero attached hydrogens (tertiary/aromatic N) is 2. The van der Waals surface area contributed by atoms with Crippen LogP contribution in [0, 0.1) is 6.92 Å². The van der Waals surface area contributed by atoms with Crippen molar-refractivity contribution in [1.29, 1.82) is 0 Å². The molecular formula is C15H21N3O.